The van der Waals surface area contributed by atoms with Crippen molar-refractivity contribution in [1.29, 1.82) is 0 Å². The molecule has 0 aliphatic rings. The molecule has 8 heteroatoms. The van der Waals surface area contributed by atoms with Crippen molar-refractivity contribution in [3.05, 3.63) is 78.7 Å². The highest BCUT2D eigenvalue weighted by molar-refractivity contribution is 9.10. The van der Waals surface area contributed by atoms with Crippen LogP contribution in [0.1, 0.15) is 24.0 Å². The molecule has 0 saturated heterocycles. The van der Waals surface area contributed by atoms with Gasteiger partial charge in [0.15, 0.2) is 0 Å². The molecule has 1 unspecified atom stereocenters. The van der Waals surface area contributed by atoms with Gasteiger partial charge < -0.3 is 9.72 Å². The minimum absolute atomic E-state index is 0.0425. The summed E-state index contributed by atoms with van der Waals surface area (Å²) < 4.78 is 20.6. The molecule has 1 aromatic heterocycles. The Hall–Kier alpha value is -2.74. The van der Waals surface area contributed by atoms with Gasteiger partial charge in [-0.05, 0) is 42.3 Å². The van der Waals surface area contributed by atoms with Crippen LogP contribution in [0, 0.1) is 5.82 Å². The summed E-state index contributed by atoms with van der Waals surface area (Å²) in [7, 11) is 1.22. The van der Waals surface area contributed by atoms with Crippen LogP contribution in [-0.2, 0) is 16.1 Å². The molecule has 3 aromatic rings. The fourth-order valence-corrected chi connectivity index (χ4v) is 3.20. The molecule has 2 aromatic carbocycles. The molecular weight excluding hydrogens is 419 g/mol. The molecule has 0 radical (unpaired) electrons. The maximum atomic E-state index is 14.0. The summed E-state index contributed by atoms with van der Waals surface area (Å²) in [6, 6.07) is 9.35. The maximum absolute atomic E-state index is 14.0. The van der Waals surface area contributed by atoms with Crippen molar-refractivity contribution >= 4 is 32.8 Å². The number of aromatic nitrogens is 2. The zero-order valence-electron chi connectivity index (χ0n) is 14.6. The number of fused-ring (bicyclic) bond motifs is 1. The van der Waals surface area contributed by atoms with Crippen LogP contribution in [0.4, 0.5) is 4.39 Å². The summed E-state index contributed by atoms with van der Waals surface area (Å²) in [6.45, 7) is 1.56. The standard InChI is InChI=1S/C19H16BrFN2O4/c1-10(18(25)27-2)14-7-13(21)8-15-16(14)17(24)23(19(26)22-15)9-11-3-5-12(20)6-4-11/h3-8,10H,9H2,1-2H3,(H,22,26). The fraction of sp³-hybridized carbons (Fsp3) is 0.211. The van der Waals surface area contributed by atoms with Crippen molar-refractivity contribution in [3.63, 3.8) is 0 Å². The van der Waals surface area contributed by atoms with Gasteiger partial charge in [-0.1, -0.05) is 28.1 Å². The van der Waals surface area contributed by atoms with Crippen molar-refractivity contribution < 1.29 is 13.9 Å². The number of hydrogen-bond donors (Lipinski definition) is 1. The Balaban J connectivity index is 2.24. The van der Waals surface area contributed by atoms with Crippen LogP contribution in [0.5, 0.6) is 0 Å². The minimum Gasteiger partial charge on any atom is -0.469 e. The zero-order chi connectivity index (χ0) is 19.7. The van der Waals surface area contributed by atoms with Crippen LogP contribution in [0.25, 0.3) is 10.9 Å². The molecule has 1 N–H and O–H groups in total. The molecule has 27 heavy (non-hydrogen) atoms. The molecular formula is C19H16BrFN2O4. The average Bonchev–Trinajstić information content (AvgIpc) is 2.64. The van der Waals surface area contributed by atoms with Crippen molar-refractivity contribution in [2.75, 3.05) is 7.11 Å². The van der Waals surface area contributed by atoms with Crippen LogP contribution in [-0.4, -0.2) is 22.6 Å². The first-order valence-corrected chi connectivity index (χ1v) is 8.89. The molecule has 140 valence electrons. The van der Waals surface area contributed by atoms with Gasteiger partial charge in [0.1, 0.15) is 5.82 Å². The maximum Gasteiger partial charge on any atom is 0.329 e. The number of nitrogens with one attached hydrogen (secondary N) is 1. The van der Waals surface area contributed by atoms with E-state index in [1.807, 2.05) is 0 Å². The molecule has 1 heterocycles. The van der Waals surface area contributed by atoms with Crippen LogP contribution in [0.3, 0.4) is 0 Å². The number of methoxy groups -OCH3 is 1. The fourth-order valence-electron chi connectivity index (χ4n) is 2.94. The lowest BCUT2D eigenvalue weighted by molar-refractivity contribution is -0.141. The van der Waals surface area contributed by atoms with Crippen LogP contribution in [0.2, 0.25) is 0 Å². The van der Waals surface area contributed by atoms with Gasteiger partial charge in [0.25, 0.3) is 5.56 Å². The number of rotatable bonds is 4. The molecule has 3 rings (SSSR count). The van der Waals surface area contributed by atoms with Crippen molar-refractivity contribution in [2.45, 2.75) is 19.4 Å². The highest BCUT2D eigenvalue weighted by Crippen LogP contribution is 2.24. The summed E-state index contributed by atoms with van der Waals surface area (Å²) in [6.07, 6.45) is 0. The number of nitrogens with zero attached hydrogens (tertiary/aromatic N) is 1. The number of hydrogen-bond acceptors (Lipinski definition) is 4. The van der Waals surface area contributed by atoms with Crippen LogP contribution < -0.4 is 11.2 Å². The average molecular weight is 435 g/mol. The molecule has 0 fully saturated rings. The van der Waals surface area contributed by atoms with Gasteiger partial charge in [0.2, 0.25) is 0 Å². The largest absolute Gasteiger partial charge is 0.469 e. The molecule has 0 amide bonds. The third-order valence-electron chi connectivity index (χ3n) is 4.35. The predicted molar refractivity (Wildman–Crippen MR) is 102 cm³/mol. The van der Waals surface area contributed by atoms with E-state index < -0.39 is 29.0 Å². The van der Waals surface area contributed by atoms with Crippen molar-refractivity contribution in [3.8, 4) is 0 Å². The van der Waals surface area contributed by atoms with E-state index in [-0.39, 0.29) is 23.0 Å². The summed E-state index contributed by atoms with van der Waals surface area (Å²) in [4.78, 5) is 39.9. The lowest BCUT2D eigenvalue weighted by atomic mass is 9.97. The van der Waals surface area contributed by atoms with Crippen LogP contribution >= 0.6 is 15.9 Å². The van der Waals surface area contributed by atoms with Gasteiger partial charge >= 0.3 is 11.7 Å². The summed E-state index contributed by atoms with van der Waals surface area (Å²) in [5.41, 5.74) is -0.291. The van der Waals surface area contributed by atoms with E-state index in [0.717, 1.165) is 26.7 Å². The lowest BCUT2D eigenvalue weighted by Gasteiger charge is -2.14. The quantitative estimate of drug-likeness (QED) is 0.640. The Morgan fingerprint density at radius 2 is 1.93 bits per heavy atom. The number of carbonyl (C=O) groups is 1. The minimum atomic E-state index is -0.868. The van der Waals surface area contributed by atoms with E-state index in [0.29, 0.717) is 0 Å². The Morgan fingerprint density at radius 3 is 2.56 bits per heavy atom. The highest BCUT2D eigenvalue weighted by Gasteiger charge is 2.22. The van der Waals surface area contributed by atoms with E-state index in [2.05, 4.69) is 20.9 Å². The number of benzene rings is 2. The second kappa shape index (κ2) is 7.48. The van der Waals surface area contributed by atoms with Gasteiger partial charge in [-0.3, -0.25) is 14.2 Å². The zero-order valence-corrected chi connectivity index (χ0v) is 16.2. The van der Waals surface area contributed by atoms with Gasteiger partial charge in [0, 0.05) is 4.47 Å². The number of halogens is 2. The van der Waals surface area contributed by atoms with Crippen molar-refractivity contribution in [1.82, 2.24) is 9.55 Å². The molecule has 6 nitrogen and oxygen atoms in total. The Morgan fingerprint density at radius 1 is 1.26 bits per heavy atom. The highest BCUT2D eigenvalue weighted by atomic mass is 79.9. The molecule has 1 atom stereocenters. The van der Waals surface area contributed by atoms with Crippen molar-refractivity contribution in [2.24, 2.45) is 0 Å². The summed E-state index contributed by atoms with van der Waals surface area (Å²) >= 11 is 3.33. The summed E-state index contributed by atoms with van der Waals surface area (Å²) in [5, 5.41) is 0.0889. The molecule has 0 aliphatic heterocycles. The van der Waals surface area contributed by atoms with Gasteiger partial charge in [-0.2, -0.15) is 0 Å². The Kier molecular flexibility index (Phi) is 5.27. The third-order valence-corrected chi connectivity index (χ3v) is 4.88. The van der Waals surface area contributed by atoms with E-state index in [1.165, 1.54) is 14.0 Å². The number of aromatic amines is 1. The van der Waals surface area contributed by atoms with Gasteiger partial charge in [0.05, 0.1) is 30.5 Å². The molecule has 0 aliphatic carbocycles. The number of ether oxygens (including phenoxy) is 1. The smallest absolute Gasteiger partial charge is 0.329 e. The Bertz CT molecular complexity index is 1140. The predicted octanol–water partition coefficient (Wildman–Crippen LogP) is 2.92. The number of carbonyl (C=O) groups excluding carboxylic acids is 1. The first kappa shape index (κ1) is 19.0. The number of esters is 1. The monoisotopic (exact) mass is 434 g/mol. The first-order chi connectivity index (χ1) is 12.8. The molecule has 0 spiro atoms. The normalized spacial score (nSPS) is 12.1. The first-order valence-electron chi connectivity index (χ1n) is 8.10. The SMILES string of the molecule is COC(=O)C(C)c1cc(F)cc2[nH]c(=O)n(Cc3ccc(Br)cc3)c(=O)c12. The van der Waals surface area contributed by atoms with Gasteiger partial charge in [-0.15, -0.1) is 0 Å². The van der Waals surface area contributed by atoms with E-state index in [9.17, 15) is 18.8 Å². The second-order valence-corrected chi connectivity index (χ2v) is 7.03. The Labute approximate surface area is 161 Å². The van der Waals surface area contributed by atoms with Gasteiger partial charge in [-0.25, -0.2) is 9.18 Å². The molecule has 0 saturated carbocycles. The van der Waals surface area contributed by atoms with E-state index in [4.69, 9.17) is 4.74 Å². The van der Waals surface area contributed by atoms with E-state index in [1.54, 1.807) is 24.3 Å². The lowest BCUT2D eigenvalue weighted by Crippen LogP contribution is -2.36. The number of H-pyrrole nitrogens is 1. The summed E-state index contributed by atoms with van der Waals surface area (Å²) in [5.74, 6) is -2.13. The van der Waals surface area contributed by atoms with Crippen LogP contribution in [0.15, 0.2) is 50.5 Å². The third kappa shape index (κ3) is 3.71. The molecule has 0 bridgehead atoms. The van der Waals surface area contributed by atoms with E-state index >= 15 is 0 Å². The second-order valence-electron chi connectivity index (χ2n) is 6.11. The topological polar surface area (TPSA) is 81.2 Å².